The normalized spacial score (nSPS) is 16.7. The van der Waals surface area contributed by atoms with Crippen molar-refractivity contribution in [2.75, 3.05) is 11.9 Å². The second-order valence-electron chi connectivity index (χ2n) is 6.92. The molecule has 6 nitrogen and oxygen atoms in total. The van der Waals surface area contributed by atoms with E-state index in [9.17, 15) is 14.3 Å². The van der Waals surface area contributed by atoms with Gasteiger partial charge in [-0.3, -0.25) is 9.48 Å². The van der Waals surface area contributed by atoms with Gasteiger partial charge in [0.1, 0.15) is 12.4 Å². The first-order valence-electron chi connectivity index (χ1n) is 8.68. The number of hydrogen-bond acceptors (Lipinski definition) is 3. The van der Waals surface area contributed by atoms with Crippen molar-refractivity contribution >= 4 is 22.7 Å². The van der Waals surface area contributed by atoms with Gasteiger partial charge < -0.3 is 14.6 Å². The fourth-order valence-electron chi connectivity index (χ4n) is 4.03. The lowest BCUT2D eigenvalue weighted by Crippen LogP contribution is -2.37. The fraction of sp³-hybridized carbons (Fsp3) is 0.368. The van der Waals surface area contributed by atoms with Gasteiger partial charge in [0.15, 0.2) is 5.82 Å². The average molecular weight is 356 g/mol. The second-order valence-corrected chi connectivity index (χ2v) is 6.92. The number of carboxylic acids is 1. The van der Waals surface area contributed by atoms with Crippen molar-refractivity contribution in [1.82, 2.24) is 14.3 Å². The van der Waals surface area contributed by atoms with Crippen LogP contribution < -0.4 is 4.90 Å². The summed E-state index contributed by atoms with van der Waals surface area (Å²) in [4.78, 5) is 13.5. The maximum atomic E-state index is 13.9. The third-order valence-corrected chi connectivity index (χ3v) is 5.30. The molecular weight excluding hydrogens is 335 g/mol. The summed E-state index contributed by atoms with van der Waals surface area (Å²) < 4.78 is 17.4. The number of carboxylic acid groups (broad SMARTS) is 1. The molecule has 0 bridgehead atoms. The first-order valence-corrected chi connectivity index (χ1v) is 8.68. The Kier molecular flexibility index (Phi) is 3.94. The van der Waals surface area contributed by atoms with Gasteiger partial charge in [-0.15, -0.1) is 0 Å². The van der Waals surface area contributed by atoms with Crippen LogP contribution in [0.5, 0.6) is 0 Å². The highest BCUT2D eigenvalue weighted by atomic mass is 19.1. The molecule has 0 saturated carbocycles. The van der Waals surface area contributed by atoms with Gasteiger partial charge in [0.25, 0.3) is 0 Å². The van der Waals surface area contributed by atoms with Gasteiger partial charge in [0.05, 0.1) is 0 Å². The molecule has 2 heterocycles. The Morgan fingerprint density at radius 3 is 2.92 bits per heavy atom. The Hall–Kier alpha value is -2.83. The number of aromatic nitrogens is 3. The van der Waals surface area contributed by atoms with Crippen molar-refractivity contribution in [3.63, 3.8) is 0 Å². The summed E-state index contributed by atoms with van der Waals surface area (Å²) in [5.74, 6) is -0.281. The third-order valence-electron chi connectivity index (χ3n) is 5.30. The van der Waals surface area contributed by atoms with Gasteiger partial charge in [-0.25, -0.2) is 4.39 Å². The van der Waals surface area contributed by atoms with Crippen LogP contribution in [0.4, 0.5) is 10.2 Å². The molecule has 0 aliphatic heterocycles. The number of nitrogens with zero attached hydrogens (tertiary/aromatic N) is 4. The number of likely N-dealkylation sites (N-methyl/N-ethyl adjacent to an activating group) is 1. The molecule has 1 unspecified atom stereocenters. The van der Waals surface area contributed by atoms with Crippen LogP contribution in [0.3, 0.4) is 0 Å². The van der Waals surface area contributed by atoms with Crippen molar-refractivity contribution in [3.05, 3.63) is 47.5 Å². The van der Waals surface area contributed by atoms with Crippen molar-refractivity contribution < 1.29 is 14.3 Å². The van der Waals surface area contributed by atoms with Gasteiger partial charge in [-0.1, -0.05) is 0 Å². The molecule has 3 aromatic rings. The van der Waals surface area contributed by atoms with Crippen LogP contribution in [0.1, 0.15) is 17.7 Å². The van der Waals surface area contributed by atoms with E-state index in [1.54, 1.807) is 10.7 Å². The van der Waals surface area contributed by atoms with E-state index in [4.69, 9.17) is 0 Å². The molecule has 26 heavy (non-hydrogen) atoms. The molecule has 1 aromatic carbocycles. The van der Waals surface area contributed by atoms with Gasteiger partial charge >= 0.3 is 5.97 Å². The van der Waals surface area contributed by atoms with Gasteiger partial charge in [-0.2, -0.15) is 5.10 Å². The Morgan fingerprint density at radius 2 is 2.23 bits per heavy atom. The lowest BCUT2D eigenvalue weighted by molar-refractivity contribution is -0.137. The monoisotopic (exact) mass is 356 g/mol. The quantitative estimate of drug-likeness (QED) is 0.780. The third kappa shape index (κ3) is 2.73. The number of aliphatic carboxylic acids is 1. The zero-order chi connectivity index (χ0) is 18.4. The zero-order valence-corrected chi connectivity index (χ0v) is 14.8. The van der Waals surface area contributed by atoms with Crippen molar-refractivity contribution in [1.29, 1.82) is 0 Å². The minimum Gasteiger partial charge on any atom is -0.480 e. The Balaban J connectivity index is 1.75. The minimum atomic E-state index is -0.887. The predicted octanol–water partition coefficient (Wildman–Crippen LogP) is 2.59. The summed E-state index contributed by atoms with van der Waals surface area (Å²) in [6.45, 7) is -0.0990. The second kappa shape index (κ2) is 6.16. The molecular formula is C19H21FN4O2. The van der Waals surface area contributed by atoms with E-state index in [0.29, 0.717) is 0 Å². The SMILES string of the molecule is CN(c1ccn(C)n1)C1CCc2c(c3cc(F)ccc3n2CC(=O)O)C1. The molecule has 0 radical (unpaired) electrons. The zero-order valence-electron chi connectivity index (χ0n) is 14.8. The summed E-state index contributed by atoms with van der Waals surface area (Å²) in [6.07, 6.45) is 4.32. The number of benzene rings is 1. The molecule has 1 N–H and O–H groups in total. The van der Waals surface area contributed by atoms with Crippen LogP contribution in [-0.2, 0) is 31.2 Å². The van der Waals surface area contributed by atoms with E-state index in [2.05, 4.69) is 10.00 Å². The van der Waals surface area contributed by atoms with E-state index in [-0.39, 0.29) is 18.4 Å². The Labute approximate surface area is 150 Å². The molecule has 7 heteroatoms. The summed E-state index contributed by atoms with van der Waals surface area (Å²) >= 11 is 0. The van der Waals surface area contributed by atoms with Gasteiger partial charge in [-0.05, 0) is 43.0 Å². The molecule has 136 valence electrons. The fourth-order valence-corrected chi connectivity index (χ4v) is 4.03. The van der Waals surface area contributed by atoms with Crippen LogP contribution in [0.2, 0.25) is 0 Å². The number of hydrogen-bond donors (Lipinski definition) is 1. The number of halogens is 1. The Bertz CT molecular complexity index is 991. The predicted molar refractivity (Wildman–Crippen MR) is 97.0 cm³/mol. The molecule has 4 rings (SSSR count). The van der Waals surface area contributed by atoms with Gasteiger partial charge in [0.2, 0.25) is 0 Å². The highest BCUT2D eigenvalue weighted by Gasteiger charge is 2.29. The van der Waals surface area contributed by atoms with Crippen molar-refractivity contribution in [2.24, 2.45) is 7.05 Å². The number of fused-ring (bicyclic) bond motifs is 3. The largest absolute Gasteiger partial charge is 0.480 e. The summed E-state index contributed by atoms with van der Waals surface area (Å²) in [5, 5.41) is 14.6. The molecule has 1 atom stereocenters. The number of aryl methyl sites for hydroxylation is 1. The number of carbonyl (C=O) groups is 1. The molecule has 2 aromatic heterocycles. The first-order chi connectivity index (χ1) is 12.4. The van der Waals surface area contributed by atoms with E-state index < -0.39 is 5.97 Å². The molecule has 1 aliphatic rings. The summed E-state index contributed by atoms with van der Waals surface area (Å²) in [6, 6.07) is 6.82. The van der Waals surface area contributed by atoms with Crippen LogP contribution in [0, 0.1) is 5.82 Å². The lowest BCUT2D eigenvalue weighted by Gasteiger charge is -2.32. The van der Waals surface area contributed by atoms with E-state index >= 15 is 0 Å². The molecule has 0 fully saturated rings. The van der Waals surface area contributed by atoms with Crippen LogP contribution in [0.15, 0.2) is 30.5 Å². The van der Waals surface area contributed by atoms with Crippen LogP contribution in [-0.4, -0.2) is 38.5 Å². The van der Waals surface area contributed by atoms with E-state index in [0.717, 1.165) is 47.2 Å². The standard InChI is InChI=1S/C19H21FN4O2/c1-22-8-7-18(21-22)23(2)13-4-6-17-15(10-13)14-9-12(20)3-5-16(14)24(17)11-19(25)26/h3,5,7-9,13H,4,6,10-11H2,1-2H3,(H,25,26). The highest BCUT2D eigenvalue weighted by Crippen LogP contribution is 2.34. The number of anilines is 1. The molecule has 1 aliphatic carbocycles. The smallest absolute Gasteiger partial charge is 0.323 e. The lowest BCUT2D eigenvalue weighted by atomic mass is 9.90. The Morgan fingerprint density at radius 1 is 1.42 bits per heavy atom. The van der Waals surface area contributed by atoms with Crippen LogP contribution >= 0.6 is 0 Å². The van der Waals surface area contributed by atoms with Gasteiger partial charge in [0, 0.05) is 49.0 Å². The number of rotatable bonds is 4. The minimum absolute atomic E-state index is 0.0990. The maximum Gasteiger partial charge on any atom is 0.323 e. The maximum absolute atomic E-state index is 13.9. The van der Waals surface area contributed by atoms with Crippen LogP contribution in [0.25, 0.3) is 10.9 Å². The van der Waals surface area contributed by atoms with E-state index in [1.807, 2.05) is 30.9 Å². The summed E-state index contributed by atoms with van der Waals surface area (Å²) in [7, 11) is 3.91. The molecule has 0 amide bonds. The van der Waals surface area contributed by atoms with Crippen molar-refractivity contribution in [3.8, 4) is 0 Å². The van der Waals surface area contributed by atoms with E-state index in [1.165, 1.54) is 12.1 Å². The summed E-state index contributed by atoms with van der Waals surface area (Å²) in [5.41, 5.74) is 2.86. The topological polar surface area (TPSA) is 63.3 Å². The average Bonchev–Trinajstić information content (AvgIpc) is 3.16. The first kappa shape index (κ1) is 16.6. The molecule has 0 saturated heterocycles. The van der Waals surface area contributed by atoms with Crippen molar-refractivity contribution in [2.45, 2.75) is 31.8 Å². The highest BCUT2D eigenvalue weighted by molar-refractivity contribution is 5.87. The molecule has 0 spiro atoms.